The Morgan fingerprint density at radius 3 is 2.33 bits per heavy atom. The number of alkyl halides is 3. The second-order valence-electron chi connectivity index (χ2n) is 10.6. The fraction of sp³-hybridized carbons (Fsp3) is 0.0833. The van der Waals surface area contributed by atoms with E-state index in [1.54, 1.807) is 66.6 Å². The van der Waals surface area contributed by atoms with E-state index in [9.17, 15) is 28.0 Å². The number of thiazole rings is 1. The first kappa shape index (κ1) is 31.9. The number of hydrogen-bond acceptors (Lipinski definition) is 6. The van der Waals surface area contributed by atoms with Gasteiger partial charge in [0.1, 0.15) is 16.4 Å². The van der Waals surface area contributed by atoms with Crippen molar-refractivity contribution in [2.24, 2.45) is 0 Å². The van der Waals surface area contributed by atoms with Crippen molar-refractivity contribution in [2.75, 3.05) is 0 Å². The summed E-state index contributed by atoms with van der Waals surface area (Å²) in [6.45, 7) is 1.71. The number of para-hydroxylation sites is 2. The van der Waals surface area contributed by atoms with Gasteiger partial charge in [-0.2, -0.15) is 23.5 Å². The van der Waals surface area contributed by atoms with Gasteiger partial charge in [0, 0.05) is 29.7 Å². The zero-order chi connectivity index (χ0) is 33.8. The number of aromatic nitrogens is 4. The molecule has 0 radical (unpaired) electrons. The normalized spacial score (nSPS) is 13.1. The lowest BCUT2D eigenvalue weighted by atomic mass is 10.1. The quantitative estimate of drug-likeness (QED) is 0.242. The third kappa shape index (κ3) is 6.44. The van der Waals surface area contributed by atoms with Crippen molar-refractivity contribution >= 4 is 28.9 Å². The third-order valence-electron chi connectivity index (χ3n) is 7.46. The first-order valence-electron chi connectivity index (χ1n) is 14.6. The molecule has 0 unspecified atom stereocenters. The zero-order valence-corrected chi connectivity index (χ0v) is 26.0. The summed E-state index contributed by atoms with van der Waals surface area (Å²) >= 11 is 0.743. The van der Waals surface area contributed by atoms with Crippen LogP contribution in [0, 0.1) is 11.3 Å². The van der Waals surface area contributed by atoms with Crippen LogP contribution in [0.4, 0.5) is 13.2 Å². The van der Waals surface area contributed by atoms with E-state index in [0.717, 1.165) is 39.3 Å². The number of hydrogen-bond donors (Lipinski definition) is 1. The highest BCUT2D eigenvalue weighted by molar-refractivity contribution is 7.07. The number of rotatable bonds is 7. The fourth-order valence-corrected chi connectivity index (χ4v) is 6.23. The highest BCUT2D eigenvalue weighted by Crippen LogP contribution is 2.33. The Bertz CT molecular complexity index is 2330. The highest BCUT2D eigenvalue weighted by Gasteiger charge is 2.34. The van der Waals surface area contributed by atoms with Gasteiger partial charge < -0.3 is 5.32 Å². The second kappa shape index (κ2) is 13.4. The summed E-state index contributed by atoms with van der Waals surface area (Å²) in [5, 5.41) is 17.7. The molecule has 0 saturated heterocycles. The Balaban J connectivity index is 1.61. The molecule has 0 fully saturated rings. The van der Waals surface area contributed by atoms with Crippen LogP contribution >= 0.6 is 11.3 Å². The van der Waals surface area contributed by atoms with Gasteiger partial charge >= 0.3 is 6.18 Å². The number of nitrogens with zero attached hydrogens (tertiary/aromatic N) is 5. The Morgan fingerprint density at radius 1 is 0.979 bits per heavy atom. The topological polar surface area (TPSA) is 106 Å². The van der Waals surface area contributed by atoms with Crippen LogP contribution in [0.1, 0.15) is 29.7 Å². The Labute approximate surface area is 276 Å². The number of carbonyl (C=O) groups is 1. The van der Waals surface area contributed by atoms with Crippen LogP contribution in [0.2, 0.25) is 0 Å². The fourth-order valence-electron chi connectivity index (χ4n) is 5.14. The largest absolute Gasteiger partial charge is 0.418 e. The molecule has 0 aliphatic carbocycles. The van der Waals surface area contributed by atoms with E-state index in [1.165, 1.54) is 18.2 Å². The van der Waals surface area contributed by atoms with Crippen LogP contribution in [0.3, 0.4) is 0 Å². The molecule has 1 amide bonds. The summed E-state index contributed by atoms with van der Waals surface area (Å²) in [4.78, 5) is 31.9. The molecule has 6 aromatic rings. The minimum atomic E-state index is -4.83. The van der Waals surface area contributed by atoms with Gasteiger partial charge in [0.05, 0.1) is 27.5 Å². The summed E-state index contributed by atoms with van der Waals surface area (Å²) < 4.78 is 44.9. The molecule has 0 aliphatic heterocycles. The average molecular weight is 663 g/mol. The van der Waals surface area contributed by atoms with E-state index >= 15 is 0 Å². The van der Waals surface area contributed by atoms with Crippen LogP contribution < -0.4 is 20.1 Å². The third-order valence-corrected chi connectivity index (χ3v) is 8.55. The molecule has 3 aromatic heterocycles. The SMILES string of the molecule is C[C@H](NC(=O)/C(C#N)=c1\s/c(=C\c2cn(-c3ccccc3)nc2-c2cccnc2)c(=O)n1-c1ccccc1C(F)(F)F)c1ccccc1. The molecule has 1 atom stereocenters. The summed E-state index contributed by atoms with van der Waals surface area (Å²) in [6.07, 6.45) is 1.56. The molecule has 0 spiro atoms. The van der Waals surface area contributed by atoms with E-state index in [0.29, 0.717) is 16.8 Å². The minimum absolute atomic E-state index is 0.0172. The number of nitrogens with one attached hydrogen (secondary N) is 1. The predicted octanol–water partition coefficient (Wildman–Crippen LogP) is 5.55. The number of pyridine rings is 1. The standard InChI is InChI=1S/C36H25F3N6O2S/c1-23(24-11-4-2-5-12-24)42-33(46)28(20-40)35-45(30-17-9-8-16-29(30)36(37,38)39)34(47)31(48-35)19-26-22-44(27-14-6-3-7-15-27)43-32(26)25-13-10-18-41-21-25/h2-19,21-23H,1H3,(H,42,46)/b31-19-,35-28-/t23-/m0/s1. The monoisotopic (exact) mass is 662 g/mol. The van der Waals surface area contributed by atoms with Crippen LogP contribution in [0.5, 0.6) is 0 Å². The molecule has 48 heavy (non-hydrogen) atoms. The molecule has 6 rings (SSSR count). The molecule has 1 N–H and O–H groups in total. The molecular formula is C36H25F3N6O2S. The first-order valence-corrected chi connectivity index (χ1v) is 15.4. The molecule has 0 bridgehead atoms. The first-order chi connectivity index (χ1) is 23.2. The molecule has 8 nitrogen and oxygen atoms in total. The maximum atomic E-state index is 14.3. The maximum Gasteiger partial charge on any atom is 0.418 e. The smallest absolute Gasteiger partial charge is 0.345 e. The van der Waals surface area contributed by atoms with Gasteiger partial charge in [0.15, 0.2) is 5.57 Å². The number of amides is 1. The van der Waals surface area contributed by atoms with Crippen molar-refractivity contribution in [1.82, 2.24) is 24.6 Å². The molecule has 12 heteroatoms. The van der Waals surface area contributed by atoms with E-state index in [2.05, 4.69) is 10.3 Å². The van der Waals surface area contributed by atoms with Crippen molar-refractivity contribution in [1.29, 1.82) is 5.26 Å². The van der Waals surface area contributed by atoms with Crippen molar-refractivity contribution in [3.05, 3.63) is 152 Å². The predicted molar refractivity (Wildman–Crippen MR) is 177 cm³/mol. The van der Waals surface area contributed by atoms with Gasteiger partial charge in [-0.25, -0.2) is 4.68 Å². The van der Waals surface area contributed by atoms with Crippen molar-refractivity contribution in [3.63, 3.8) is 0 Å². The van der Waals surface area contributed by atoms with Crippen molar-refractivity contribution < 1.29 is 18.0 Å². The number of carbonyl (C=O) groups excluding carboxylic acids is 1. The Kier molecular flexibility index (Phi) is 8.87. The van der Waals surface area contributed by atoms with Crippen molar-refractivity contribution in [2.45, 2.75) is 19.1 Å². The summed E-state index contributed by atoms with van der Waals surface area (Å²) in [5.74, 6) is -0.840. The van der Waals surface area contributed by atoms with Crippen LogP contribution in [0.25, 0.3) is 34.3 Å². The highest BCUT2D eigenvalue weighted by atomic mass is 32.1. The molecule has 0 saturated carbocycles. The van der Waals surface area contributed by atoms with Crippen molar-refractivity contribution in [3.8, 4) is 28.7 Å². The Morgan fingerprint density at radius 2 is 1.67 bits per heavy atom. The molecular weight excluding hydrogens is 637 g/mol. The van der Waals surface area contributed by atoms with Crippen LogP contribution in [-0.4, -0.2) is 25.2 Å². The van der Waals surface area contributed by atoms with Crippen LogP contribution in [0.15, 0.2) is 120 Å². The molecule has 3 heterocycles. The van der Waals surface area contributed by atoms with E-state index in [1.807, 2.05) is 42.5 Å². The molecule has 3 aromatic carbocycles. The Hall–Kier alpha value is -6.06. The number of nitriles is 1. The maximum absolute atomic E-state index is 14.3. The lowest BCUT2D eigenvalue weighted by Crippen LogP contribution is -2.35. The average Bonchev–Trinajstić information content (AvgIpc) is 3.66. The minimum Gasteiger partial charge on any atom is -0.345 e. The van der Waals surface area contributed by atoms with Crippen LogP contribution in [-0.2, 0) is 11.0 Å². The van der Waals surface area contributed by atoms with Gasteiger partial charge in [0.25, 0.3) is 11.5 Å². The summed E-state index contributed by atoms with van der Waals surface area (Å²) in [5.41, 5.74) is 0.0899. The number of benzene rings is 3. The number of halogens is 3. The summed E-state index contributed by atoms with van der Waals surface area (Å²) in [6, 6.07) is 27.6. The molecule has 0 aliphatic rings. The van der Waals surface area contributed by atoms with Gasteiger partial charge in [-0.3, -0.25) is 19.1 Å². The molecule has 238 valence electrons. The van der Waals surface area contributed by atoms with E-state index in [4.69, 9.17) is 5.10 Å². The summed E-state index contributed by atoms with van der Waals surface area (Å²) in [7, 11) is 0. The van der Waals surface area contributed by atoms with Gasteiger partial charge in [-0.1, -0.05) is 60.7 Å². The van der Waals surface area contributed by atoms with E-state index in [-0.39, 0.29) is 9.20 Å². The zero-order valence-electron chi connectivity index (χ0n) is 25.2. The van der Waals surface area contributed by atoms with Gasteiger partial charge in [0.2, 0.25) is 0 Å². The van der Waals surface area contributed by atoms with Gasteiger partial charge in [-0.05, 0) is 55.0 Å². The lowest BCUT2D eigenvalue weighted by Gasteiger charge is -2.15. The van der Waals surface area contributed by atoms with E-state index < -0.39 is 40.5 Å². The van der Waals surface area contributed by atoms with Gasteiger partial charge in [-0.15, -0.1) is 11.3 Å². The lowest BCUT2D eigenvalue weighted by molar-refractivity contribution is -0.137. The second-order valence-corrected chi connectivity index (χ2v) is 11.6.